The molecule has 1 amide bonds. The molecule has 1 heterocycles. The molecule has 29 heavy (non-hydrogen) atoms. The van der Waals surface area contributed by atoms with Gasteiger partial charge in [0, 0.05) is 22.7 Å². The number of benzene rings is 2. The molecular weight excluding hydrogens is 404 g/mol. The van der Waals surface area contributed by atoms with Gasteiger partial charge < -0.3 is 9.88 Å². The Labute approximate surface area is 179 Å². The van der Waals surface area contributed by atoms with Gasteiger partial charge in [-0.1, -0.05) is 43.0 Å². The zero-order valence-electron chi connectivity index (χ0n) is 16.3. The lowest BCUT2D eigenvalue weighted by molar-refractivity contribution is -0.122. The molecule has 0 aliphatic heterocycles. The molecule has 1 aliphatic carbocycles. The summed E-state index contributed by atoms with van der Waals surface area (Å²) in [5.41, 5.74) is 1.29. The molecule has 4 rings (SSSR count). The van der Waals surface area contributed by atoms with Crippen LogP contribution in [-0.2, 0) is 17.3 Å². The Bertz CT molecular complexity index is 996. The van der Waals surface area contributed by atoms with Crippen molar-refractivity contribution in [3.05, 3.63) is 65.4 Å². The summed E-state index contributed by atoms with van der Waals surface area (Å²) in [7, 11) is 1.91. The van der Waals surface area contributed by atoms with Crippen molar-refractivity contribution in [3.8, 4) is 0 Å². The van der Waals surface area contributed by atoms with E-state index >= 15 is 0 Å². The summed E-state index contributed by atoms with van der Waals surface area (Å²) >= 11 is 7.77. The highest BCUT2D eigenvalue weighted by Gasteiger charge is 2.41. The van der Waals surface area contributed by atoms with Crippen molar-refractivity contribution in [1.82, 2.24) is 14.8 Å². The zero-order chi connectivity index (χ0) is 20.3. The van der Waals surface area contributed by atoms with Crippen LogP contribution in [0.5, 0.6) is 0 Å². The van der Waals surface area contributed by atoms with Gasteiger partial charge in [-0.15, -0.1) is 10.2 Å². The number of hydrogen-bond donors (Lipinski definition) is 1. The zero-order valence-corrected chi connectivity index (χ0v) is 17.8. The number of amides is 1. The van der Waals surface area contributed by atoms with Gasteiger partial charge in [-0.25, -0.2) is 0 Å². The predicted octanol–water partition coefficient (Wildman–Crippen LogP) is 5.46. The van der Waals surface area contributed by atoms with Crippen LogP contribution in [0.25, 0.3) is 0 Å². The number of halogens is 1. The highest BCUT2D eigenvalue weighted by Crippen LogP contribution is 2.41. The van der Waals surface area contributed by atoms with Crippen molar-refractivity contribution in [3.63, 3.8) is 0 Å². The van der Waals surface area contributed by atoms with Crippen molar-refractivity contribution >= 4 is 35.0 Å². The van der Waals surface area contributed by atoms with Crippen LogP contribution >= 0.6 is 23.4 Å². The average molecular weight is 427 g/mol. The Morgan fingerprint density at radius 2 is 1.90 bits per heavy atom. The predicted molar refractivity (Wildman–Crippen MR) is 116 cm³/mol. The third-order valence-corrected chi connectivity index (χ3v) is 6.81. The molecule has 1 saturated carbocycles. The third-order valence-electron chi connectivity index (χ3n) is 5.51. The maximum absolute atomic E-state index is 13.4. The van der Waals surface area contributed by atoms with Crippen LogP contribution in [0, 0.1) is 0 Å². The molecule has 0 bridgehead atoms. The minimum absolute atomic E-state index is 0.0492. The molecule has 0 radical (unpaired) electrons. The van der Waals surface area contributed by atoms with E-state index in [0.29, 0.717) is 5.02 Å². The second kappa shape index (κ2) is 8.59. The lowest BCUT2D eigenvalue weighted by Gasteiger charge is -2.36. The van der Waals surface area contributed by atoms with Crippen LogP contribution in [0.1, 0.15) is 37.7 Å². The Balaban J connectivity index is 1.52. The fraction of sp³-hybridized carbons (Fsp3) is 0.318. The fourth-order valence-corrected chi connectivity index (χ4v) is 4.87. The SMILES string of the molecule is Cn1cnnc1Sc1ccc(NC(=O)C2(c3cccc(Cl)c3)CCCCC2)cc1. The first-order valence-corrected chi connectivity index (χ1v) is 11.0. The second-order valence-corrected chi connectivity index (χ2v) is 8.94. The number of carbonyl (C=O) groups is 1. The van der Waals surface area contributed by atoms with Crippen molar-refractivity contribution in [1.29, 1.82) is 0 Å². The minimum atomic E-state index is -0.519. The first kappa shape index (κ1) is 20.0. The maximum Gasteiger partial charge on any atom is 0.235 e. The standard InChI is InChI=1S/C22H23ClN4OS/c1-27-15-24-26-21(27)29-19-10-8-18(9-11-19)25-20(28)22(12-3-2-4-13-22)16-6-5-7-17(23)14-16/h5-11,14-15H,2-4,12-13H2,1H3,(H,25,28). The van der Waals surface area contributed by atoms with E-state index < -0.39 is 5.41 Å². The summed E-state index contributed by atoms with van der Waals surface area (Å²) in [5, 5.41) is 12.6. The lowest BCUT2D eigenvalue weighted by atomic mass is 9.68. The number of aryl methyl sites for hydroxylation is 1. The van der Waals surface area contributed by atoms with Crippen molar-refractivity contribution in [2.75, 3.05) is 5.32 Å². The van der Waals surface area contributed by atoms with E-state index in [4.69, 9.17) is 11.6 Å². The summed E-state index contributed by atoms with van der Waals surface area (Å²) in [6, 6.07) is 15.6. The van der Waals surface area contributed by atoms with Crippen LogP contribution < -0.4 is 5.32 Å². The van der Waals surface area contributed by atoms with E-state index in [1.54, 1.807) is 6.33 Å². The molecule has 7 heteroatoms. The first-order chi connectivity index (χ1) is 14.1. The number of rotatable bonds is 5. The number of nitrogens with one attached hydrogen (secondary N) is 1. The Hall–Kier alpha value is -2.31. The largest absolute Gasteiger partial charge is 0.325 e. The van der Waals surface area contributed by atoms with Gasteiger partial charge in [-0.2, -0.15) is 0 Å². The number of anilines is 1. The van der Waals surface area contributed by atoms with Gasteiger partial charge >= 0.3 is 0 Å². The first-order valence-electron chi connectivity index (χ1n) is 9.76. The highest BCUT2D eigenvalue weighted by atomic mass is 35.5. The Morgan fingerprint density at radius 3 is 2.55 bits per heavy atom. The van der Waals surface area contributed by atoms with E-state index in [-0.39, 0.29) is 5.91 Å². The van der Waals surface area contributed by atoms with E-state index in [0.717, 1.165) is 47.0 Å². The van der Waals surface area contributed by atoms with E-state index in [2.05, 4.69) is 15.5 Å². The van der Waals surface area contributed by atoms with Gasteiger partial charge in [0.05, 0.1) is 5.41 Å². The number of hydrogen-bond acceptors (Lipinski definition) is 4. The summed E-state index contributed by atoms with van der Waals surface area (Å²) < 4.78 is 1.87. The van der Waals surface area contributed by atoms with Gasteiger partial charge in [0.2, 0.25) is 5.91 Å². The van der Waals surface area contributed by atoms with Gasteiger partial charge in [0.15, 0.2) is 5.16 Å². The van der Waals surface area contributed by atoms with Gasteiger partial charge in [-0.05, 0) is 66.6 Å². The fourth-order valence-electron chi connectivity index (χ4n) is 3.92. The molecule has 2 aromatic carbocycles. The molecule has 1 aliphatic rings. The number of aromatic nitrogens is 3. The van der Waals surface area contributed by atoms with Crippen LogP contribution in [0.2, 0.25) is 5.02 Å². The van der Waals surface area contributed by atoms with Crippen molar-refractivity contribution in [2.24, 2.45) is 7.05 Å². The van der Waals surface area contributed by atoms with Crippen LogP contribution in [0.3, 0.4) is 0 Å². The topological polar surface area (TPSA) is 59.8 Å². The molecular formula is C22H23ClN4OS. The average Bonchev–Trinajstić information content (AvgIpc) is 3.14. The molecule has 1 aromatic heterocycles. The van der Waals surface area contributed by atoms with Crippen molar-refractivity contribution < 1.29 is 4.79 Å². The number of nitrogens with zero attached hydrogens (tertiary/aromatic N) is 3. The van der Waals surface area contributed by atoms with E-state index in [1.807, 2.05) is 60.1 Å². The molecule has 150 valence electrons. The summed E-state index contributed by atoms with van der Waals surface area (Å²) in [6.45, 7) is 0. The Kier molecular flexibility index (Phi) is 5.92. The lowest BCUT2D eigenvalue weighted by Crippen LogP contribution is -2.42. The van der Waals surface area contributed by atoms with E-state index in [9.17, 15) is 4.79 Å². The normalized spacial score (nSPS) is 15.8. The molecule has 1 fully saturated rings. The van der Waals surface area contributed by atoms with Gasteiger partial charge in [0.25, 0.3) is 0 Å². The quantitative estimate of drug-likeness (QED) is 0.588. The molecule has 5 nitrogen and oxygen atoms in total. The number of carbonyl (C=O) groups excluding carboxylic acids is 1. The maximum atomic E-state index is 13.4. The van der Waals surface area contributed by atoms with Crippen LogP contribution in [0.15, 0.2) is 64.9 Å². The van der Waals surface area contributed by atoms with Crippen molar-refractivity contribution in [2.45, 2.75) is 47.6 Å². The Morgan fingerprint density at radius 1 is 1.14 bits per heavy atom. The van der Waals surface area contributed by atoms with Gasteiger partial charge in [-0.3, -0.25) is 4.79 Å². The molecule has 0 unspecified atom stereocenters. The molecule has 0 saturated heterocycles. The van der Waals surface area contributed by atoms with Crippen LogP contribution in [-0.4, -0.2) is 20.7 Å². The minimum Gasteiger partial charge on any atom is -0.325 e. The molecule has 3 aromatic rings. The summed E-state index contributed by atoms with van der Waals surface area (Å²) in [5.74, 6) is 0.0492. The second-order valence-electron chi connectivity index (χ2n) is 7.46. The monoisotopic (exact) mass is 426 g/mol. The summed E-state index contributed by atoms with van der Waals surface area (Å²) in [4.78, 5) is 14.4. The molecule has 0 atom stereocenters. The smallest absolute Gasteiger partial charge is 0.235 e. The summed E-state index contributed by atoms with van der Waals surface area (Å²) in [6.07, 6.45) is 6.64. The van der Waals surface area contributed by atoms with Gasteiger partial charge in [0.1, 0.15) is 6.33 Å². The molecule has 1 N–H and O–H groups in total. The molecule has 0 spiro atoms. The third kappa shape index (κ3) is 4.33. The van der Waals surface area contributed by atoms with E-state index in [1.165, 1.54) is 18.2 Å². The highest BCUT2D eigenvalue weighted by molar-refractivity contribution is 7.99. The van der Waals surface area contributed by atoms with Crippen LogP contribution in [0.4, 0.5) is 5.69 Å².